The smallest absolute Gasteiger partial charge is 0.321 e. The standard InChI is InChI=1S/C14H25N3O3/c1-10(17-8-4-7-12(18)9-17)13(19)16-14(20)15-11-5-2-3-6-11/h10-12,18H,2-9H2,1H3,(H2,15,16,19,20)/t10-,12-/m0/s1. The van der Waals surface area contributed by atoms with Crippen molar-refractivity contribution < 1.29 is 14.7 Å². The number of carbonyl (C=O) groups excluding carboxylic acids is 2. The molecule has 2 fully saturated rings. The highest BCUT2D eigenvalue weighted by molar-refractivity contribution is 5.96. The summed E-state index contributed by atoms with van der Waals surface area (Å²) in [6, 6.07) is -0.583. The van der Waals surface area contributed by atoms with Crippen molar-refractivity contribution in [1.82, 2.24) is 15.5 Å². The molecule has 3 N–H and O–H groups in total. The Morgan fingerprint density at radius 1 is 1.20 bits per heavy atom. The molecule has 0 bridgehead atoms. The molecular formula is C14H25N3O3. The number of nitrogens with zero attached hydrogens (tertiary/aromatic N) is 1. The van der Waals surface area contributed by atoms with Crippen molar-refractivity contribution in [3.8, 4) is 0 Å². The van der Waals surface area contributed by atoms with E-state index >= 15 is 0 Å². The summed E-state index contributed by atoms with van der Waals surface area (Å²) in [6.45, 7) is 3.06. The lowest BCUT2D eigenvalue weighted by Gasteiger charge is -2.33. The van der Waals surface area contributed by atoms with E-state index in [0.717, 1.165) is 45.1 Å². The monoisotopic (exact) mass is 283 g/mol. The number of piperidine rings is 1. The van der Waals surface area contributed by atoms with Crippen LogP contribution in [0.25, 0.3) is 0 Å². The highest BCUT2D eigenvalue weighted by Gasteiger charge is 2.27. The van der Waals surface area contributed by atoms with Gasteiger partial charge in [0.05, 0.1) is 12.1 Å². The van der Waals surface area contributed by atoms with Crippen molar-refractivity contribution in [3.05, 3.63) is 0 Å². The minimum atomic E-state index is -0.397. The number of aliphatic hydroxyl groups excluding tert-OH is 1. The zero-order valence-corrected chi connectivity index (χ0v) is 12.1. The van der Waals surface area contributed by atoms with Crippen molar-refractivity contribution >= 4 is 11.9 Å². The highest BCUT2D eigenvalue weighted by Crippen LogP contribution is 2.17. The van der Waals surface area contributed by atoms with E-state index in [1.807, 2.05) is 4.90 Å². The Balaban J connectivity index is 1.76. The molecule has 1 aliphatic carbocycles. The summed E-state index contributed by atoms with van der Waals surface area (Å²) in [5.41, 5.74) is 0. The van der Waals surface area contributed by atoms with Crippen LogP contribution in [0.1, 0.15) is 45.4 Å². The average molecular weight is 283 g/mol. The van der Waals surface area contributed by atoms with E-state index in [4.69, 9.17) is 0 Å². The fourth-order valence-corrected chi connectivity index (χ4v) is 3.01. The molecule has 6 heteroatoms. The summed E-state index contributed by atoms with van der Waals surface area (Å²) in [4.78, 5) is 25.7. The third-order valence-corrected chi connectivity index (χ3v) is 4.28. The fraction of sp³-hybridized carbons (Fsp3) is 0.857. The Morgan fingerprint density at radius 2 is 1.90 bits per heavy atom. The molecule has 0 radical (unpaired) electrons. The topological polar surface area (TPSA) is 81.7 Å². The number of hydrogen-bond acceptors (Lipinski definition) is 4. The number of β-amino-alcohol motifs (C(OH)–C–C–N with tert-alkyl or cyclic N) is 1. The van der Waals surface area contributed by atoms with Gasteiger partial charge in [-0.2, -0.15) is 0 Å². The number of imide groups is 1. The van der Waals surface area contributed by atoms with Gasteiger partial charge in [0.15, 0.2) is 0 Å². The van der Waals surface area contributed by atoms with Gasteiger partial charge in [-0.3, -0.25) is 15.0 Å². The lowest BCUT2D eigenvalue weighted by molar-refractivity contribution is -0.125. The summed E-state index contributed by atoms with van der Waals surface area (Å²) in [7, 11) is 0. The minimum Gasteiger partial charge on any atom is -0.392 e. The van der Waals surface area contributed by atoms with Gasteiger partial charge in [-0.15, -0.1) is 0 Å². The van der Waals surface area contributed by atoms with E-state index in [9.17, 15) is 14.7 Å². The maximum absolute atomic E-state index is 12.0. The lowest BCUT2D eigenvalue weighted by atomic mass is 10.1. The lowest BCUT2D eigenvalue weighted by Crippen LogP contribution is -2.53. The molecule has 2 atom stereocenters. The normalized spacial score (nSPS) is 26.2. The average Bonchev–Trinajstić information content (AvgIpc) is 2.90. The zero-order chi connectivity index (χ0) is 14.5. The van der Waals surface area contributed by atoms with E-state index in [1.165, 1.54) is 0 Å². The molecule has 20 heavy (non-hydrogen) atoms. The van der Waals surface area contributed by atoms with Crippen LogP contribution in [0, 0.1) is 0 Å². The summed E-state index contributed by atoms with van der Waals surface area (Å²) >= 11 is 0. The number of hydrogen-bond donors (Lipinski definition) is 3. The third-order valence-electron chi connectivity index (χ3n) is 4.28. The first kappa shape index (κ1) is 15.3. The maximum atomic E-state index is 12.0. The third kappa shape index (κ3) is 4.18. The SMILES string of the molecule is C[C@@H](C(=O)NC(=O)NC1CCCC1)N1CCC[C@H](O)C1. The van der Waals surface area contributed by atoms with E-state index in [-0.39, 0.29) is 24.1 Å². The van der Waals surface area contributed by atoms with Crippen LogP contribution in [0.4, 0.5) is 4.79 Å². The van der Waals surface area contributed by atoms with Crippen molar-refractivity contribution in [1.29, 1.82) is 0 Å². The minimum absolute atomic E-state index is 0.204. The molecule has 1 saturated heterocycles. The summed E-state index contributed by atoms with van der Waals surface area (Å²) in [6.07, 6.45) is 5.57. The molecule has 1 saturated carbocycles. The second-order valence-electron chi connectivity index (χ2n) is 5.91. The Labute approximate surface area is 119 Å². The van der Waals surface area contributed by atoms with Crippen LogP contribution in [-0.4, -0.2) is 53.2 Å². The zero-order valence-electron chi connectivity index (χ0n) is 12.1. The Hall–Kier alpha value is -1.14. The largest absolute Gasteiger partial charge is 0.392 e. The van der Waals surface area contributed by atoms with E-state index in [0.29, 0.717) is 6.54 Å². The predicted octanol–water partition coefficient (Wildman–Crippen LogP) is 0.600. The molecule has 0 aromatic heterocycles. The number of amides is 3. The van der Waals surface area contributed by atoms with Crippen molar-refractivity contribution in [2.45, 2.75) is 63.6 Å². The van der Waals surface area contributed by atoms with Crippen LogP contribution in [0.15, 0.2) is 0 Å². The molecule has 114 valence electrons. The molecule has 0 spiro atoms. The van der Waals surface area contributed by atoms with Crippen LogP contribution in [0.5, 0.6) is 0 Å². The van der Waals surface area contributed by atoms with Gasteiger partial charge >= 0.3 is 6.03 Å². The first-order chi connectivity index (χ1) is 9.56. The second kappa shape index (κ2) is 7.04. The van der Waals surface area contributed by atoms with Gasteiger partial charge in [-0.05, 0) is 39.2 Å². The van der Waals surface area contributed by atoms with Crippen LogP contribution in [-0.2, 0) is 4.79 Å². The highest BCUT2D eigenvalue weighted by atomic mass is 16.3. The number of nitrogens with one attached hydrogen (secondary N) is 2. The number of likely N-dealkylation sites (tertiary alicyclic amines) is 1. The molecule has 0 aromatic rings. The van der Waals surface area contributed by atoms with Gasteiger partial charge in [-0.25, -0.2) is 4.79 Å². The second-order valence-corrected chi connectivity index (χ2v) is 5.91. The maximum Gasteiger partial charge on any atom is 0.321 e. The molecular weight excluding hydrogens is 258 g/mol. The number of rotatable bonds is 3. The Bertz CT molecular complexity index is 356. The van der Waals surface area contributed by atoms with Crippen LogP contribution < -0.4 is 10.6 Å². The van der Waals surface area contributed by atoms with Crippen molar-refractivity contribution in [2.24, 2.45) is 0 Å². The summed E-state index contributed by atoms with van der Waals surface area (Å²) in [5.74, 6) is -0.297. The van der Waals surface area contributed by atoms with Gasteiger partial charge in [0.25, 0.3) is 0 Å². The number of aliphatic hydroxyl groups is 1. The van der Waals surface area contributed by atoms with Crippen LogP contribution in [0.2, 0.25) is 0 Å². The van der Waals surface area contributed by atoms with Gasteiger partial charge in [-0.1, -0.05) is 12.8 Å². The molecule has 3 amide bonds. The van der Waals surface area contributed by atoms with Crippen LogP contribution >= 0.6 is 0 Å². The van der Waals surface area contributed by atoms with E-state index in [1.54, 1.807) is 6.92 Å². The van der Waals surface area contributed by atoms with E-state index < -0.39 is 6.03 Å². The first-order valence-electron chi connectivity index (χ1n) is 7.59. The van der Waals surface area contributed by atoms with E-state index in [2.05, 4.69) is 10.6 Å². The van der Waals surface area contributed by atoms with Gasteiger partial charge in [0.2, 0.25) is 5.91 Å². The predicted molar refractivity (Wildman–Crippen MR) is 75.2 cm³/mol. The van der Waals surface area contributed by atoms with Gasteiger partial charge < -0.3 is 10.4 Å². The molecule has 2 rings (SSSR count). The first-order valence-corrected chi connectivity index (χ1v) is 7.59. The summed E-state index contributed by atoms with van der Waals surface area (Å²) in [5, 5.41) is 14.9. The Kier molecular flexibility index (Phi) is 5.37. The number of urea groups is 1. The molecule has 0 unspecified atom stereocenters. The van der Waals surface area contributed by atoms with Crippen molar-refractivity contribution in [3.63, 3.8) is 0 Å². The molecule has 6 nitrogen and oxygen atoms in total. The van der Waals surface area contributed by atoms with Gasteiger partial charge in [0.1, 0.15) is 0 Å². The summed E-state index contributed by atoms with van der Waals surface area (Å²) < 4.78 is 0. The quantitative estimate of drug-likeness (QED) is 0.708. The molecule has 1 aliphatic heterocycles. The Morgan fingerprint density at radius 3 is 2.55 bits per heavy atom. The fourth-order valence-electron chi connectivity index (χ4n) is 3.01. The molecule has 1 heterocycles. The molecule has 2 aliphatic rings. The van der Waals surface area contributed by atoms with Crippen LogP contribution in [0.3, 0.4) is 0 Å². The number of carbonyl (C=O) groups is 2. The molecule has 0 aromatic carbocycles. The van der Waals surface area contributed by atoms with Gasteiger partial charge in [0, 0.05) is 12.6 Å². The van der Waals surface area contributed by atoms with Crippen molar-refractivity contribution in [2.75, 3.05) is 13.1 Å².